The Balaban J connectivity index is 1.47. The molecule has 3 aromatic carbocycles. The molecule has 0 spiro atoms. The minimum atomic E-state index is -0.706. The van der Waals surface area contributed by atoms with Crippen molar-refractivity contribution in [2.75, 3.05) is 5.32 Å². The molecule has 2 N–H and O–H groups in total. The van der Waals surface area contributed by atoms with Gasteiger partial charge in [-0.3, -0.25) is 14.6 Å². The highest BCUT2D eigenvalue weighted by Crippen LogP contribution is 2.27. The summed E-state index contributed by atoms with van der Waals surface area (Å²) in [7, 11) is 0. The number of pyridine rings is 1. The van der Waals surface area contributed by atoms with Crippen molar-refractivity contribution in [2.45, 2.75) is 26.0 Å². The van der Waals surface area contributed by atoms with E-state index < -0.39 is 6.10 Å². The number of benzene rings is 3. The second-order valence-electron chi connectivity index (χ2n) is 7.57. The fourth-order valence-electron chi connectivity index (χ4n) is 3.56. The van der Waals surface area contributed by atoms with Crippen molar-refractivity contribution in [3.63, 3.8) is 0 Å². The zero-order chi connectivity index (χ0) is 23.0. The van der Waals surface area contributed by atoms with Gasteiger partial charge < -0.3 is 15.4 Å². The summed E-state index contributed by atoms with van der Waals surface area (Å²) in [5, 5.41) is 7.73. The van der Waals surface area contributed by atoms with Crippen LogP contribution >= 0.6 is 0 Å². The molecule has 0 radical (unpaired) electrons. The van der Waals surface area contributed by atoms with Crippen molar-refractivity contribution >= 4 is 28.3 Å². The number of nitrogens with zero attached hydrogens (tertiary/aromatic N) is 1. The highest BCUT2D eigenvalue weighted by Gasteiger charge is 2.21. The van der Waals surface area contributed by atoms with Crippen LogP contribution in [0.4, 0.5) is 5.69 Å². The monoisotopic (exact) mass is 439 g/mol. The van der Waals surface area contributed by atoms with Gasteiger partial charge in [-0.1, -0.05) is 61.5 Å². The minimum Gasteiger partial charge on any atom is -0.480 e. The Bertz CT molecular complexity index is 1250. The molecule has 0 unspecified atom stereocenters. The Morgan fingerprint density at radius 3 is 2.55 bits per heavy atom. The highest BCUT2D eigenvalue weighted by molar-refractivity contribution is 6.04. The van der Waals surface area contributed by atoms with E-state index in [2.05, 4.69) is 15.6 Å². The van der Waals surface area contributed by atoms with Crippen molar-refractivity contribution in [3.05, 3.63) is 102 Å². The van der Waals surface area contributed by atoms with Crippen LogP contribution in [0.15, 0.2) is 91.3 Å². The van der Waals surface area contributed by atoms with E-state index >= 15 is 0 Å². The van der Waals surface area contributed by atoms with Crippen molar-refractivity contribution in [1.29, 1.82) is 0 Å². The van der Waals surface area contributed by atoms with Crippen LogP contribution in [-0.2, 0) is 11.3 Å². The molecule has 6 heteroatoms. The Hall–Kier alpha value is -4.19. The number of para-hydroxylation sites is 1. The van der Waals surface area contributed by atoms with Crippen LogP contribution in [0.3, 0.4) is 0 Å². The molecule has 4 aromatic rings. The summed E-state index contributed by atoms with van der Waals surface area (Å²) in [5.41, 5.74) is 1.71. The average molecular weight is 440 g/mol. The first-order valence-corrected chi connectivity index (χ1v) is 10.9. The molecule has 6 nitrogen and oxygen atoms in total. The van der Waals surface area contributed by atoms with Gasteiger partial charge in [0.1, 0.15) is 5.75 Å². The molecule has 166 valence electrons. The molecular formula is C27H25N3O3. The molecule has 0 aliphatic heterocycles. The van der Waals surface area contributed by atoms with Gasteiger partial charge in [-0.25, -0.2) is 0 Å². The van der Waals surface area contributed by atoms with Crippen molar-refractivity contribution in [2.24, 2.45) is 0 Å². The van der Waals surface area contributed by atoms with Gasteiger partial charge in [-0.2, -0.15) is 0 Å². The average Bonchev–Trinajstić information content (AvgIpc) is 2.86. The van der Waals surface area contributed by atoms with E-state index in [1.807, 2.05) is 61.5 Å². The number of aromatic nitrogens is 1. The van der Waals surface area contributed by atoms with Crippen LogP contribution in [-0.4, -0.2) is 22.9 Å². The van der Waals surface area contributed by atoms with E-state index in [9.17, 15) is 9.59 Å². The summed E-state index contributed by atoms with van der Waals surface area (Å²) in [6.07, 6.45) is 3.15. The van der Waals surface area contributed by atoms with Crippen LogP contribution in [0.1, 0.15) is 29.3 Å². The summed E-state index contributed by atoms with van der Waals surface area (Å²) in [4.78, 5) is 29.9. The molecule has 0 aliphatic carbocycles. The zero-order valence-corrected chi connectivity index (χ0v) is 18.3. The predicted octanol–water partition coefficient (Wildman–Crippen LogP) is 4.96. The number of fused-ring (bicyclic) bond motifs is 1. The summed E-state index contributed by atoms with van der Waals surface area (Å²) in [5.74, 6) is 0.0633. The molecule has 0 saturated carbocycles. The second kappa shape index (κ2) is 10.4. The van der Waals surface area contributed by atoms with Crippen LogP contribution < -0.4 is 15.4 Å². The summed E-state index contributed by atoms with van der Waals surface area (Å²) in [6, 6.07) is 24.3. The first-order valence-electron chi connectivity index (χ1n) is 10.9. The van der Waals surface area contributed by atoms with E-state index in [1.54, 1.807) is 36.7 Å². The number of amides is 2. The van der Waals surface area contributed by atoms with Gasteiger partial charge in [0.25, 0.3) is 11.8 Å². The third kappa shape index (κ3) is 5.36. The second-order valence-corrected chi connectivity index (χ2v) is 7.57. The molecule has 2 amide bonds. The third-order valence-corrected chi connectivity index (χ3v) is 5.29. The molecule has 0 saturated heterocycles. The number of carbonyl (C=O) groups excluding carboxylic acids is 2. The molecule has 1 aromatic heterocycles. The lowest BCUT2D eigenvalue weighted by atomic mass is 10.1. The van der Waals surface area contributed by atoms with Crippen molar-refractivity contribution < 1.29 is 14.3 Å². The Morgan fingerprint density at radius 2 is 1.73 bits per heavy atom. The van der Waals surface area contributed by atoms with Gasteiger partial charge in [0.15, 0.2) is 6.10 Å². The fraction of sp³-hybridized carbons (Fsp3) is 0.148. The van der Waals surface area contributed by atoms with Crippen LogP contribution in [0, 0.1) is 0 Å². The number of rotatable bonds is 8. The van der Waals surface area contributed by atoms with Crippen LogP contribution in [0.5, 0.6) is 5.75 Å². The molecule has 1 heterocycles. The fourth-order valence-corrected chi connectivity index (χ4v) is 3.56. The molecule has 33 heavy (non-hydrogen) atoms. The van der Waals surface area contributed by atoms with Gasteiger partial charge in [0.2, 0.25) is 0 Å². The number of hydrogen-bond donors (Lipinski definition) is 2. The number of hydrogen-bond acceptors (Lipinski definition) is 4. The Kier molecular flexibility index (Phi) is 6.95. The van der Waals surface area contributed by atoms with Gasteiger partial charge >= 0.3 is 0 Å². The lowest BCUT2D eigenvalue weighted by molar-refractivity contribution is -0.122. The molecule has 0 bridgehead atoms. The molecule has 0 aliphatic rings. The van der Waals surface area contributed by atoms with E-state index in [0.29, 0.717) is 30.0 Å². The van der Waals surface area contributed by atoms with E-state index in [0.717, 1.165) is 16.3 Å². The highest BCUT2D eigenvalue weighted by atomic mass is 16.5. The maximum atomic E-state index is 13.1. The number of carbonyl (C=O) groups is 2. The maximum Gasteiger partial charge on any atom is 0.265 e. The first-order chi connectivity index (χ1) is 16.2. The lowest BCUT2D eigenvalue weighted by Gasteiger charge is -2.19. The Morgan fingerprint density at radius 1 is 0.939 bits per heavy atom. The smallest absolute Gasteiger partial charge is 0.265 e. The lowest BCUT2D eigenvalue weighted by Crippen LogP contribution is -2.33. The molecule has 0 fully saturated rings. The molecule has 1 atom stereocenters. The largest absolute Gasteiger partial charge is 0.480 e. The predicted molar refractivity (Wildman–Crippen MR) is 129 cm³/mol. The number of nitrogens with one attached hydrogen (secondary N) is 2. The standard InChI is InChI=1S/C27H25N3O3/c1-2-24(33-25-15-7-11-20-10-3-4-12-21(20)25)27(32)30-23-14-6-5-13-22(23)26(31)29-18-19-9-8-16-28-17-19/h3-17,24H,2,18H2,1H3,(H,29,31)(H,30,32)/t24-/m0/s1. The SMILES string of the molecule is CC[C@H](Oc1cccc2ccccc12)C(=O)Nc1ccccc1C(=O)NCc1cccnc1. The normalized spacial score (nSPS) is 11.5. The molecule has 4 rings (SSSR count). The van der Waals surface area contributed by atoms with Gasteiger partial charge in [0, 0.05) is 24.3 Å². The zero-order valence-electron chi connectivity index (χ0n) is 18.3. The number of ether oxygens (including phenoxy) is 1. The van der Waals surface area contributed by atoms with Crippen LogP contribution in [0.2, 0.25) is 0 Å². The van der Waals surface area contributed by atoms with Gasteiger partial charge in [-0.15, -0.1) is 0 Å². The Labute approximate surface area is 192 Å². The summed E-state index contributed by atoms with van der Waals surface area (Å²) < 4.78 is 6.10. The molecular weight excluding hydrogens is 414 g/mol. The van der Waals surface area contributed by atoms with E-state index in [1.165, 1.54) is 0 Å². The quantitative estimate of drug-likeness (QED) is 0.407. The van der Waals surface area contributed by atoms with Crippen molar-refractivity contribution in [3.8, 4) is 5.75 Å². The van der Waals surface area contributed by atoms with Crippen molar-refractivity contribution in [1.82, 2.24) is 10.3 Å². The topological polar surface area (TPSA) is 80.3 Å². The van der Waals surface area contributed by atoms with E-state index in [4.69, 9.17) is 4.74 Å². The van der Waals surface area contributed by atoms with Gasteiger partial charge in [-0.05, 0) is 41.6 Å². The summed E-state index contributed by atoms with van der Waals surface area (Å²) >= 11 is 0. The third-order valence-electron chi connectivity index (χ3n) is 5.29. The van der Waals surface area contributed by atoms with Gasteiger partial charge in [0.05, 0.1) is 11.3 Å². The number of anilines is 1. The van der Waals surface area contributed by atoms with Crippen LogP contribution in [0.25, 0.3) is 10.8 Å². The minimum absolute atomic E-state index is 0.280. The maximum absolute atomic E-state index is 13.1. The summed E-state index contributed by atoms with van der Waals surface area (Å²) in [6.45, 7) is 2.23. The van der Waals surface area contributed by atoms with E-state index in [-0.39, 0.29) is 11.8 Å². The first kappa shape index (κ1) is 22.0.